The zero-order chi connectivity index (χ0) is 9.26. The average molecular weight is 177 g/mol. The van der Waals surface area contributed by atoms with Crippen molar-refractivity contribution in [2.24, 2.45) is 0 Å². The van der Waals surface area contributed by atoms with Gasteiger partial charge in [0.05, 0.1) is 5.69 Å². The Bertz CT molecular complexity index is 405. The standard InChI is InChI=1S/C10H8FNO/c1-7-10(6-13-12-7)8-2-4-9(11)5-3-8/h2-6H,1H3. The van der Waals surface area contributed by atoms with Gasteiger partial charge in [-0.05, 0) is 24.6 Å². The zero-order valence-electron chi connectivity index (χ0n) is 7.12. The highest BCUT2D eigenvalue weighted by molar-refractivity contribution is 5.64. The monoisotopic (exact) mass is 177 g/mol. The van der Waals surface area contributed by atoms with Crippen LogP contribution in [-0.2, 0) is 0 Å². The van der Waals surface area contributed by atoms with Gasteiger partial charge >= 0.3 is 0 Å². The fraction of sp³-hybridized carbons (Fsp3) is 0.100. The van der Waals surface area contributed by atoms with Crippen molar-refractivity contribution >= 4 is 0 Å². The first-order valence-electron chi connectivity index (χ1n) is 3.94. The highest BCUT2D eigenvalue weighted by Crippen LogP contribution is 2.22. The van der Waals surface area contributed by atoms with Crippen LogP contribution in [0.25, 0.3) is 11.1 Å². The van der Waals surface area contributed by atoms with Crippen molar-refractivity contribution in [3.8, 4) is 11.1 Å². The summed E-state index contributed by atoms with van der Waals surface area (Å²) in [6.45, 7) is 1.85. The molecule has 0 amide bonds. The maximum absolute atomic E-state index is 12.6. The van der Waals surface area contributed by atoms with Gasteiger partial charge in [-0.15, -0.1) is 0 Å². The van der Waals surface area contributed by atoms with Gasteiger partial charge in [0.2, 0.25) is 0 Å². The van der Waals surface area contributed by atoms with Gasteiger partial charge in [-0.1, -0.05) is 17.3 Å². The number of hydrogen-bond acceptors (Lipinski definition) is 2. The van der Waals surface area contributed by atoms with Gasteiger partial charge in [-0.25, -0.2) is 4.39 Å². The van der Waals surface area contributed by atoms with E-state index in [4.69, 9.17) is 4.52 Å². The van der Waals surface area contributed by atoms with Crippen molar-refractivity contribution in [1.82, 2.24) is 5.16 Å². The molecule has 66 valence electrons. The molecule has 0 spiro atoms. The summed E-state index contributed by atoms with van der Waals surface area (Å²) in [5.41, 5.74) is 2.63. The van der Waals surface area contributed by atoms with Crippen LogP contribution in [0.2, 0.25) is 0 Å². The lowest BCUT2D eigenvalue weighted by molar-refractivity contribution is 0.415. The molecule has 0 aliphatic heterocycles. The Hall–Kier alpha value is -1.64. The smallest absolute Gasteiger partial charge is 0.131 e. The summed E-state index contributed by atoms with van der Waals surface area (Å²) in [5, 5.41) is 3.75. The first-order valence-corrected chi connectivity index (χ1v) is 3.94. The number of aromatic nitrogens is 1. The van der Waals surface area contributed by atoms with E-state index in [2.05, 4.69) is 5.16 Å². The van der Waals surface area contributed by atoms with E-state index in [9.17, 15) is 4.39 Å². The zero-order valence-corrected chi connectivity index (χ0v) is 7.12. The summed E-state index contributed by atoms with van der Waals surface area (Å²) in [5.74, 6) is -0.238. The summed E-state index contributed by atoms with van der Waals surface area (Å²) in [4.78, 5) is 0. The van der Waals surface area contributed by atoms with E-state index >= 15 is 0 Å². The third kappa shape index (κ3) is 1.45. The number of aryl methyl sites for hydroxylation is 1. The van der Waals surface area contributed by atoms with Crippen LogP contribution in [0.3, 0.4) is 0 Å². The summed E-state index contributed by atoms with van der Waals surface area (Å²) < 4.78 is 17.4. The topological polar surface area (TPSA) is 26.0 Å². The van der Waals surface area contributed by atoms with Gasteiger partial charge in [0.15, 0.2) is 0 Å². The summed E-state index contributed by atoms with van der Waals surface area (Å²) in [7, 11) is 0. The predicted molar refractivity (Wildman–Crippen MR) is 46.6 cm³/mol. The van der Waals surface area contributed by atoms with E-state index < -0.39 is 0 Å². The molecular formula is C10H8FNO. The number of rotatable bonds is 1. The molecule has 0 saturated carbocycles. The quantitative estimate of drug-likeness (QED) is 0.669. The molecule has 0 fully saturated rings. The molecule has 0 N–H and O–H groups in total. The minimum atomic E-state index is -0.238. The third-order valence-electron chi connectivity index (χ3n) is 1.91. The fourth-order valence-electron chi connectivity index (χ4n) is 1.20. The van der Waals surface area contributed by atoms with E-state index in [0.717, 1.165) is 16.8 Å². The van der Waals surface area contributed by atoms with Crippen LogP contribution >= 0.6 is 0 Å². The Labute approximate surface area is 75.0 Å². The summed E-state index contributed by atoms with van der Waals surface area (Å²) in [6.07, 6.45) is 1.56. The minimum absolute atomic E-state index is 0.238. The largest absolute Gasteiger partial charge is 0.364 e. The van der Waals surface area contributed by atoms with Crippen LogP contribution in [0, 0.1) is 12.7 Å². The van der Waals surface area contributed by atoms with Gasteiger partial charge in [-0.2, -0.15) is 0 Å². The molecule has 0 aliphatic carbocycles. The minimum Gasteiger partial charge on any atom is -0.364 e. The SMILES string of the molecule is Cc1nocc1-c1ccc(F)cc1. The van der Waals surface area contributed by atoms with Gasteiger partial charge in [0, 0.05) is 5.56 Å². The molecule has 2 nitrogen and oxygen atoms in total. The lowest BCUT2D eigenvalue weighted by atomic mass is 10.1. The highest BCUT2D eigenvalue weighted by atomic mass is 19.1. The molecule has 2 rings (SSSR count). The van der Waals surface area contributed by atoms with Crippen molar-refractivity contribution < 1.29 is 8.91 Å². The van der Waals surface area contributed by atoms with Gasteiger partial charge in [-0.3, -0.25) is 0 Å². The van der Waals surface area contributed by atoms with Crippen molar-refractivity contribution in [1.29, 1.82) is 0 Å². The van der Waals surface area contributed by atoms with E-state index in [-0.39, 0.29) is 5.82 Å². The van der Waals surface area contributed by atoms with Gasteiger partial charge in [0.25, 0.3) is 0 Å². The van der Waals surface area contributed by atoms with Crippen LogP contribution in [0.5, 0.6) is 0 Å². The summed E-state index contributed by atoms with van der Waals surface area (Å²) >= 11 is 0. The predicted octanol–water partition coefficient (Wildman–Crippen LogP) is 2.79. The molecule has 0 atom stereocenters. The molecule has 1 aromatic carbocycles. The third-order valence-corrected chi connectivity index (χ3v) is 1.91. The molecule has 0 saturated heterocycles. The molecule has 3 heteroatoms. The van der Waals surface area contributed by atoms with Crippen molar-refractivity contribution in [2.45, 2.75) is 6.92 Å². The maximum atomic E-state index is 12.6. The Morgan fingerprint density at radius 1 is 1.23 bits per heavy atom. The fourth-order valence-corrected chi connectivity index (χ4v) is 1.20. The van der Waals surface area contributed by atoms with Crippen LogP contribution in [0.4, 0.5) is 4.39 Å². The first kappa shape index (κ1) is 7.98. The average Bonchev–Trinajstić information content (AvgIpc) is 2.53. The van der Waals surface area contributed by atoms with Gasteiger partial charge < -0.3 is 4.52 Å². The van der Waals surface area contributed by atoms with Crippen molar-refractivity contribution in [2.75, 3.05) is 0 Å². The molecule has 0 radical (unpaired) electrons. The second kappa shape index (κ2) is 3.01. The Morgan fingerprint density at radius 3 is 2.46 bits per heavy atom. The molecule has 1 aromatic heterocycles. The number of benzene rings is 1. The number of hydrogen-bond donors (Lipinski definition) is 0. The van der Waals surface area contributed by atoms with E-state index in [1.807, 2.05) is 6.92 Å². The van der Waals surface area contributed by atoms with Gasteiger partial charge in [0.1, 0.15) is 12.1 Å². The Morgan fingerprint density at radius 2 is 1.92 bits per heavy atom. The van der Waals surface area contributed by atoms with Crippen molar-refractivity contribution in [3.63, 3.8) is 0 Å². The van der Waals surface area contributed by atoms with Crippen molar-refractivity contribution in [3.05, 3.63) is 42.0 Å². The molecule has 0 aliphatic rings. The highest BCUT2D eigenvalue weighted by Gasteiger charge is 2.04. The van der Waals surface area contributed by atoms with Crippen LogP contribution in [0.1, 0.15) is 5.69 Å². The second-order valence-electron chi connectivity index (χ2n) is 2.82. The lowest BCUT2D eigenvalue weighted by Crippen LogP contribution is -1.79. The van der Waals surface area contributed by atoms with E-state index in [1.165, 1.54) is 12.1 Å². The molecule has 0 unspecified atom stereocenters. The molecule has 2 aromatic rings. The van der Waals surface area contributed by atoms with E-state index in [0.29, 0.717) is 0 Å². The molecular weight excluding hydrogens is 169 g/mol. The Balaban J connectivity index is 2.47. The Kier molecular flexibility index (Phi) is 1.85. The van der Waals surface area contributed by atoms with Crippen LogP contribution in [0.15, 0.2) is 35.1 Å². The molecule has 1 heterocycles. The molecule has 13 heavy (non-hydrogen) atoms. The van der Waals surface area contributed by atoms with E-state index in [1.54, 1.807) is 18.4 Å². The normalized spacial score (nSPS) is 10.3. The first-order chi connectivity index (χ1) is 6.27. The molecule has 0 bridgehead atoms. The number of halogens is 1. The van der Waals surface area contributed by atoms with Crippen LogP contribution in [-0.4, -0.2) is 5.16 Å². The maximum Gasteiger partial charge on any atom is 0.131 e. The summed E-state index contributed by atoms with van der Waals surface area (Å²) in [6, 6.07) is 6.24. The number of nitrogens with zero attached hydrogens (tertiary/aromatic N) is 1. The second-order valence-corrected chi connectivity index (χ2v) is 2.82. The van der Waals surface area contributed by atoms with Crippen LogP contribution < -0.4 is 0 Å². The lowest BCUT2D eigenvalue weighted by Gasteiger charge is -1.96.